The molecule has 0 aliphatic carbocycles. The van der Waals surface area contributed by atoms with Gasteiger partial charge in [-0.15, -0.1) is 0 Å². The van der Waals surface area contributed by atoms with Crippen molar-refractivity contribution in [3.8, 4) is 0 Å². The molecule has 2 unspecified atom stereocenters. The van der Waals surface area contributed by atoms with Crippen molar-refractivity contribution in [3.05, 3.63) is 144 Å². The van der Waals surface area contributed by atoms with Gasteiger partial charge >= 0.3 is 0 Å². The number of azo groups is 1. The number of halogens is 2. The van der Waals surface area contributed by atoms with E-state index in [9.17, 15) is 0 Å². The Hall–Kier alpha value is -2.94. The van der Waals surface area contributed by atoms with Crippen molar-refractivity contribution in [2.24, 2.45) is 10.2 Å². The maximum atomic E-state index is 7.11. The minimum Gasteiger partial charge on any atom is -0.170 e. The second-order valence-electron chi connectivity index (χ2n) is 11.0. The third kappa shape index (κ3) is 6.54. The van der Waals surface area contributed by atoms with Crippen molar-refractivity contribution in [2.75, 3.05) is 0 Å². The van der Waals surface area contributed by atoms with Gasteiger partial charge in [-0.25, -0.2) is 0 Å². The van der Waals surface area contributed by atoms with Crippen molar-refractivity contribution < 1.29 is 0 Å². The Kier molecular flexibility index (Phi) is 8.45. The highest BCUT2D eigenvalue weighted by molar-refractivity contribution is 6.24. The first-order valence-electron chi connectivity index (χ1n) is 13.1. The molecule has 0 aliphatic heterocycles. The molecular formula is C34H36Cl2N2. The molecule has 4 rings (SSSR count). The van der Waals surface area contributed by atoms with Crippen LogP contribution in [0.5, 0.6) is 0 Å². The smallest absolute Gasteiger partial charge is 0.153 e. The van der Waals surface area contributed by atoms with Crippen molar-refractivity contribution in [1.29, 1.82) is 0 Å². The first kappa shape index (κ1) is 28.1. The van der Waals surface area contributed by atoms with Crippen LogP contribution in [-0.2, 0) is 10.8 Å². The Balaban J connectivity index is 1.63. The number of benzene rings is 4. The third-order valence-corrected chi connectivity index (χ3v) is 7.88. The lowest BCUT2D eigenvalue weighted by molar-refractivity contribution is 0.389. The second-order valence-corrected chi connectivity index (χ2v) is 12.6. The molecule has 0 heterocycles. The molecule has 0 aromatic heterocycles. The number of hydrogen-bond donors (Lipinski definition) is 0. The molecule has 0 saturated carbocycles. The molecule has 0 radical (unpaired) electrons. The van der Waals surface area contributed by atoms with E-state index in [1.165, 1.54) is 22.3 Å². The van der Waals surface area contributed by atoms with Crippen LogP contribution < -0.4 is 0 Å². The summed E-state index contributed by atoms with van der Waals surface area (Å²) in [5.41, 5.74) is 4.02. The summed E-state index contributed by atoms with van der Waals surface area (Å²) in [5, 5.41) is 9.39. The Labute approximate surface area is 237 Å². The Bertz CT molecular complexity index is 1130. The van der Waals surface area contributed by atoms with Crippen LogP contribution in [0.1, 0.15) is 62.8 Å². The zero-order chi connectivity index (χ0) is 27.3. The SMILES string of the molecule is CC(Cl)(CC(C)(c1ccccc1)c1ccccc1)N=NC(C)(Cl)CC(C)(c1ccccc1)c1ccccc1. The summed E-state index contributed by atoms with van der Waals surface area (Å²) in [4.78, 5) is -1.93. The van der Waals surface area contributed by atoms with Crippen LogP contribution >= 0.6 is 23.2 Å². The fraction of sp³-hybridized carbons (Fsp3) is 0.294. The summed E-state index contributed by atoms with van der Waals surface area (Å²) in [6.45, 7) is 8.27. The maximum Gasteiger partial charge on any atom is 0.153 e. The Morgan fingerprint density at radius 3 is 0.842 bits per heavy atom. The van der Waals surface area contributed by atoms with Crippen LogP contribution in [-0.4, -0.2) is 10.00 Å². The fourth-order valence-electron chi connectivity index (χ4n) is 5.54. The predicted octanol–water partition coefficient (Wildman–Crippen LogP) is 10.1. The summed E-state index contributed by atoms with van der Waals surface area (Å²) in [7, 11) is 0. The van der Waals surface area contributed by atoms with Gasteiger partial charge in [0, 0.05) is 23.7 Å². The maximum absolute atomic E-state index is 7.11. The van der Waals surface area contributed by atoms with Crippen LogP contribution in [0.3, 0.4) is 0 Å². The van der Waals surface area contributed by atoms with Gasteiger partial charge in [-0.05, 0) is 36.1 Å². The topological polar surface area (TPSA) is 24.7 Å². The average molecular weight is 544 g/mol. The van der Waals surface area contributed by atoms with E-state index in [2.05, 4.69) is 111 Å². The highest BCUT2D eigenvalue weighted by Gasteiger charge is 2.40. The van der Waals surface area contributed by atoms with Crippen LogP contribution in [0, 0.1) is 0 Å². The molecule has 0 amide bonds. The fourth-order valence-corrected chi connectivity index (χ4v) is 6.15. The molecule has 2 atom stereocenters. The average Bonchev–Trinajstić information content (AvgIpc) is 2.93. The largest absolute Gasteiger partial charge is 0.170 e. The lowest BCUT2D eigenvalue weighted by Gasteiger charge is -2.37. The number of nitrogens with zero attached hydrogens (tertiary/aromatic N) is 2. The minimum absolute atomic E-state index is 0.358. The molecule has 2 nitrogen and oxygen atoms in total. The summed E-state index contributed by atoms with van der Waals surface area (Å²) in [5.74, 6) is 0. The first-order chi connectivity index (χ1) is 18.0. The van der Waals surface area contributed by atoms with Gasteiger partial charge in [-0.1, -0.05) is 158 Å². The van der Waals surface area contributed by atoms with E-state index in [-0.39, 0.29) is 10.8 Å². The van der Waals surface area contributed by atoms with Gasteiger partial charge in [0.2, 0.25) is 0 Å². The van der Waals surface area contributed by atoms with E-state index < -0.39 is 10.00 Å². The lowest BCUT2D eigenvalue weighted by Crippen LogP contribution is -2.34. The monoisotopic (exact) mass is 542 g/mol. The summed E-state index contributed by atoms with van der Waals surface area (Å²) in [6, 6.07) is 41.8. The molecule has 38 heavy (non-hydrogen) atoms. The highest BCUT2D eigenvalue weighted by atomic mass is 35.5. The highest BCUT2D eigenvalue weighted by Crippen LogP contribution is 2.45. The van der Waals surface area contributed by atoms with Crippen molar-refractivity contribution in [3.63, 3.8) is 0 Å². The van der Waals surface area contributed by atoms with E-state index in [1.807, 2.05) is 38.1 Å². The molecule has 4 aromatic carbocycles. The van der Waals surface area contributed by atoms with E-state index in [4.69, 9.17) is 33.4 Å². The molecule has 0 saturated heterocycles. The molecular weight excluding hydrogens is 507 g/mol. The number of rotatable bonds is 10. The van der Waals surface area contributed by atoms with Gasteiger partial charge in [0.15, 0.2) is 10.00 Å². The predicted molar refractivity (Wildman–Crippen MR) is 161 cm³/mol. The van der Waals surface area contributed by atoms with Gasteiger partial charge in [-0.2, -0.15) is 10.2 Å². The zero-order valence-corrected chi connectivity index (χ0v) is 24.1. The van der Waals surface area contributed by atoms with E-state index in [0.29, 0.717) is 12.8 Å². The molecule has 4 heteroatoms. The van der Waals surface area contributed by atoms with Gasteiger partial charge in [0.05, 0.1) is 0 Å². The van der Waals surface area contributed by atoms with Crippen molar-refractivity contribution >= 4 is 23.2 Å². The lowest BCUT2D eigenvalue weighted by atomic mass is 9.72. The number of alkyl halides is 2. The number of hydrogen-bond acceptors (Lipinski definition) is 2. The first-order valence-corrected chi connectivity index (χ1v) is 13.8. The standard InChI is InChI=1S/C34H36Cl2N2/c1-31(27-17-9-5-10-18-27,28-19-11-6-12-20-28)25-33(3,35)37-38-34(4,36)26-32(2,29-21-13-7-14-22-29)30-23-15-8-16-24-30/h5-24H,25-26H2,1-4H3. The van der Waals surface area contributed by atoms with E-state index in [0.717, 1.165) is 0 Å². The minimum atomic E-state index is -0.966. The van der Waals surface area contributed by atoms with E-state index >= 15 is 0 Å². The van der Waals surface area contributed by atoms with Crippen LogP contribution in [0.25, 0.3) is 0 Å². The summed E-state index contributed by atoms with van der Waals surface area (Å²) < 4.78 is 0. The molecule has 4 aromatic rings. The molecule has 0 bridgehead atoms. The Morgan fingerprint density at radius 2 is 0.632 bits per heavy atom. The van der Waals surface area contributed by atoms with Gasteiger partial charge in [-0.3, -0.25) is 0 Å². The third-order valence-electron chi connectivity index (χ3n) is 7.46. The summed E-state index contributed by atoms with van der Waals surface area (Å²) >= 11 is 14.2. The van der Waals surface area contributed by atoms with Crippen molar-refractivity contribution in [1.82, 2.24) is 0 Å². The molecule has 0 aliphatic rings. The molecule has 0 fully saturated rings. The zero-order valence-electron chi connectivity index (χ0n) is 22.6. The molecule has 196 valence electrons. The Morgan fingerprint density at radius 1 is 0.421 bits per heavy atom. The van der Waals surface area contributed by atoms with Gasteiger partial charge in [0.1, 0.15) is 0 Å². The van der Waals surface area contributed by atoms with Crippen LogP contribution in [0.15, 0.2) is 132 Å². The quantitative estimate of drug-likeness (QED) is 0.108. The van der Waals surface area contributed by atoms with Crippen LogP contribution in [0.2, 0.25) is 0 Å². The second kappa shape index (κ2) is 11.4. The van der Waals surface area contributed by atoms with Gasteiger partial charge in [0.25, 0.3) is 0 Å². The van der Waals surface area contributed by atoms with Crippen LogP contribution in [0.4, 0.5) is 0 Å². The van der Waals surface area contributed by atoms with E-state index in [1.54, 1.807) is 0 Å². The summed E-state index contributed by atoms with van der Waals surface area (Å²) in [6.07, 6.45) is 1.11. The molecule has 0 spiro atoms. The molecule has 0 N–H and O–H groups in total. The van der Waals surface area contributed by atoms with Gasteiger partial charge < -0.3 is 0 Å². The van der Waals surface area contributed by atoms with Crippen molar-refractivity contribution in [2.45, 2.75) is 61.4 Å². The normalized spacial score (nSPS) is 15.6.